The zero-order valence-electron chi connectivity index (χ0n) is 28.7. The molecule has 3 unspecified atom stereocenters. The standard InChI is InChI=1S/C35H45F3N8O5/c1-2-14-48-15-16-49-17-18-50-19-20-51-24-30(39)45-12-3-4-27(23-45)32-29-22-41-11-13-46(29,40)33(44-32)25-5-7-26(8-6-25)34(47)43-31-21-28(9-10-42-31)35(36,37)38/h5-11,13,21-22,27,30H,2-4,12,14-20,23-24,39-40H2,1H3/p+1. The number of likely N-dealkylation sites (tertiary alicyclic amines) is 1. The Morgan fingerprint density at radius 2 is 1.73 bits per heavy atom. The fourth-order valence-electron chi connectivity index (χ4n) is 5.98. The smallest absolute Gasteiger partial charge is 0.379 e. The third-order valence-corrected chi connectivity index (χ3v) is 8.62. The highest BCUT2D eigenvalue weighted by molar-refractivity contribution is 6.05. The Labute approximate surface area is 295 Å². The topological polar surface area (TPSA) is 159 Å². The van der Waals surface area contributed by atoms with E-state index in [1.54, 1.807) is 42.9 Å². The molecule has 3 aliphatic heterocycles. The Kier molecular flexibility index (Phi) is 13.6. The molecule has 51 heavy (non-hydrogen) atoms. The van der Waals surface area contributed by atoms with E-state index in [1.165, 1.54) is 0 Å². The third-order valence-electron chi connectivity index (χ3n) is 8.62. The number of ether oxygens (including phenoxy) is 4. The van der Waals surface area contributed by atoms with Crippen molar-refractivity contribution in [3.05, 3.63) is 83.1 Å². The number of amidine groups is 1. The number of alkyl halides is 3. The van der Waals surface area contributed by atoms with Gasteiger partial charge < -0.3 is 30.0 Å². The second-order valence-electron chi connectivity index (χ2n) is 12.3. The molecule has 0 radical (unpaired) electrons. The summed E-state index contributed by atoms with van der Waals surface area (Å²) in [5.74, 6) is 6.73. The normalized spacial score (nSPS) is 21.1. The molecule has 0 saturated carbocycles. The number of nitrogens with zero attached hydrogens (tertiary/aromatic N) is 5. The predicted octanol–water partition coefficient (Wildman–Crippen LogP) is 4.04. The van der Waals surface area contributed by atoms with Crippen LogP contribution < -0.4 is 16.9 Å². The number of hydrogen-bond acceptors (Lipinski definition) is 11. The van der Waals surface area contributed by atoms with Crippen molar-refractivity contribution in [3.8, 4) is 0 Å². The summed E-state index contributed by atoms with van der Waals surface area (Å²) in [6.45, 7) is 7.64. The van der Waals surface area contributed by atoms with E-state index >= 15 is 0 Å². The van der Waals surface area contributed by atoms with Crippen molar-refractivity contribution in [2.45, 2.75) is 38.5 Å². The van der Waals surface area contributed by atoms with Crippen LogP contribution in [0.15, 0.2) is 76.4 Å². The van der Waals surface area contributed by atoms with Crippen LogP contribution in [0.5, 0.6) is 0 Å². The van der Waals surface area contributed by atoms with E-state index in [1.807, 2.05) is 0 Å². The molecule has 1 aromatic carbocycles. The number of allylic oxidation sites excluding steroid dienone is 1. The molecule has 5 rings (SSSR count). The number of amides is 1. The molecule has 0 bridgehead atoms. The lowest BCUT2D eigenvalue weighted by molar-refractivity contribution is -0.750. The fourth-order valence-corrected chi connectivity index (χ4v) is 5.98. The molecule has 1 saturated heterocycles. The molecule has 3 atom stereocenters. The first-order valence-electron chi connectivity index (χ1n) is 17.1. The van der Waals surface area contributed by atoms with Crippen LogP contribution in [0, 0.1) is 5.92 Å². The van der Waals surface area contributed by atoms with Crippen LogP contribution in [-0.2, 0) is 25.1 Å². The summed E-state index contributed by atoms with van der Waals surface area (Å²) in [4.78, 5) is 28.3. The number of rotatable bonds is 18. The van der Waals surface area contributed by atoms with Gasteiger partial charge in [-0.2, -0.15) is 24.0 Å². The van der Waals surface area contributed by atoms with E-state index in [9.17, 15) is 18.0 Å². The van der Waals surface area contributed by atoms with Gasteiger partial charge in [-0.25, -0.2) is 4.98 Å². The Morgan fingerprint density at radius 3 is 2.41 bits per heavy atom. The number of pyridine rings is 1. The van der Waals surface area contributed by atoms with Gasteiger partial charge in [0.05, 0.1) is 76.0 Å². The Morgan fingerprint density at radius 1 is 1.04 bits per heavy atom. The first kappa shape index (κ1) is 38.4. The molecular weight excluding hydrogens is 669 g/mol. The quantitative estimate of drug-likeness (QED) is 0.118. The van der Waals surface area contributed by atoms with Crippen LogP contribution in [0.25, 0.3) is 0 Å². The highest BCUT2D eigenvalue weighted by atomic mass is 19.4. The second kappa shape index (κ2) is 18.1. The highest BCUT2D eigenvalue weighted by Crippen LogP contribution is 2.37. The molecule has 3 aliphatic rings. The van der Waals surface area contributed by atoms with Crippen molar-refractivity contribution < 1.29 is 41.5 Å². The van der Waals surface area contributed by atoms with Crippen LogP contribution in [0.3, 0.4) is 0 Å². The van der Waals surface area contributed by atoms with Crippen LogP contribution >= 0.6 is 0 Å². The van der Waals surface area contributed by atoms with Crippen molar-refractivity contribution in [1.82, 2.24) is 9.88 Å². The van der Waals surface area contributed by atoms with Crippen LogP contribution in [0.1, 0.15) is 47.7 Å². The van der Waals surface area contributed by atoms with E-state index in [0.717, 1.165) is 62.1 Å². The molecule has 0 spiro atoms. The number of fused-ring (bicyclic) bond motifs is 1. The van der Waals surface area contributed by atoms with Gasteiger partial charge in [0, 0.05) is 30.8 Å². The summed E-state index contributed by atoms with van der Waals surface area (Å²) in [6.07, 6.45) is 4.01. The zero-order valence-corrected chi connectivity index (χ0v) is 28.7. The number of carbonyl (C=O) groups is 1. The number of anilines is 1. The largest absolute Gasteiger partial charge is 0.416 e. The van der Waals surface area contributed by atoms with Crippen molar-refractivity contribution in [2.75, 3.05) is 71.3 Å². The summed E-state index contributed by atoms with van der Waals surface area (Å²) < 4.78 is 61.4. The molecule has 1 amide bonds. The van der Waals surface area contributed by atoms with Gasteiger partial charge in [-0.1, -0.05) is 6.92 Å². The van der Waals surface area contributed by atoms with E-state index in [-0.39, 0.29) is 28.1 Å². The Hall–Kier alpha value is -3.87. The molecule has 2 aromatic rings. The van der Waals surface area contributed by atoms with Crippen molar-refractivity contribution in [1.29, 1.82) is 0 Å². The van der Waals surface area contributed by atoms with Crippen molar-refractivity contribution in [2.24, 2.45) is 27.5 Å². The average molecular weight is 716 g/mol. The maximum atomic E-state index is 13.1. The van der Waals surface area contributed by atoms with Gasteiger partial charge in [0.25, 0.3) is 11.7 Å². The minimum atomic E-state index is -4.56. The Bertz CT molecular complexity index is 1600. The van der Waals surface area contributed by atoms with Gasteiger partial charge in [-0.05, 0) is 62.2 Å². The predicted molar refractivity (Wildman–Crippen MR) is 185 cm³/mol. The van der Waals surface area contributed by atoms with Crippen molar-refractivity contribution >= 4 is 23.8 Å². The minimum absolute atomic E-state index is 0.0389. The first-order chi connectivity index (χ1) is 24.6. The lowest BCUT2D eigenvalue weighted by Gasteiger charge is -2.36. The fraction of sp³-hybridized carbons (Fsp3) is 0.486. The molecule has 13 nitrogen and oxygen atoms in total. The monoisotopic (exact) mass is 715 g/mol. The zero-order chi connectivity index (χ0) is 36.3. The average Bonchev–Trinajstić information content (AvgIpc) is 3.44. The molecule has 276 valence electrons. The van der Waals surface area contributed by atoms with Gasteiger partial charge in [0.1, 0.15) is 17.7 Å². The molecule has 1 fully saturated rings. The number of benzene rings is 1. The van der Waals surface area contributed by atoms with Crippen LogP contribution in [-0.4, -0.2) is 105 Å². The van der Waals surface area contributed by atoms with Gasteiger partial charge in [0.2, 0.25) is 5.70 Å². The number of halogens is 3. The van der Waals surface area contributed by atoms with Gasteiger partial charge in [-0.15, -0.1) is 4.59 Å². The lowest BCUT2D eigenvalue weighted by atomic mass is 9.93. The number of carbonyl (C=O) groups excluding carboxylic acids is 1. The van der Waals surface area contributed by atoms with Gasteiger partial charge in [0.15, 0.2) is 0 Å². The molecule has 16 heteroatoms. The molecular formula is C35H46F3N8O5+. The molecule has 4 heterocycles. The second-order valence-corrected chi connectivity index (χ2v) is 12.3. The van der Waals surface area contributed by atoms with Gasteiger partial charge >= 0.3 is 6.18 Å². The summed E-state index contributed by atoms with van der Waals surface area (Å²) in [6, 6.07) is 8.18. The van der Waals surface area contributed by atoms with E-state index in [2.05, 4.69) is 27.1 Å². The molecule has 5 N–H and O–H groups in total. The first-order valence-corrected chi connectivity index (χ1v) is 17.1. The number of piperidine rings is 1. The highest BCUT2D eigenvalue weighted by Gasteiger charge is 2.46. The van der Waals surface area contributed by atoms with E-state index < -0.39 is 17.6 Å². The minimum Gasteiger partial charge on any atom is -0.379 e. The summed E-state index contributed by atoms with van der Waals surface area (Å²) in [5, 5.41) is 2.43. The van der Waals surface area contributed by atoms with E-state index in [4.69, 9.17) is 35.5 Å². The maximum absolute atomic E-state index is 13.1. The summed E-state index contributed by atoms with van der Waals surface area (Å²) in [5.41, 5.74) is 8.12. The van der Waals surface area contributed by atoms with Crippen LogP contribution in [0.2, 0.25) is 0 Å². The number of nitrogens with one attached hydrogen (secondary N) is 1. The van der Waals surface area contributed by atoms with Crippen molar-refractivity contribution in [3.63, 3.8) is 0 Å². The lowest BCUT2D eigenvalue weighted by Crippen LogP contribution is -2.53. The summed E-state index contributed by atoms with van der Waals surface area (Å²) >= 11 is 0. The number of nitrogens with two attached hydrogens (primary N) is 2. The third kappa shape index (κ3) is 10.1. The molecule has 1 aromatic heterocycles. The number of quaternary nitrogens is 1. The SMILES string of the molecule is CCCOCCOCCOCCOCC(N)N1CCCC(C2=C3C=NC=C[N+]3(N)C(c3ccc(C(=O)Nc4cc(C(F)(F)F)ccn4)cc3)=N2)C1. The number of aromatic nitrogens is 1. The summed E-state index contributed by atoms with van der Waals surface area (Å²) in [7, 11) is 0. The maximum Gasteiger partial charge on any atom is 0.416 e. The number of aliphatic imine (C=N–C) groups is 2. The number of hydrogen-bond donors (Lipinski definition) is 3. The van der Waals surface area contributed by atoms with Gasteiger partial charge in [-0.3, -0.25) is 14.7 Å². The van der Waals surface area contributed by atoms with E-state index in [0.29, 0.717) is 64.2 Å². The van der Waals surface area contributed by atoms with Crippen LogP contribution in [0.4, 0.5) is 19.0 Å². The molecule has 0 aliphatic carbocycles. The Balaban J connectivity index is 1.15.